The van der Waals surface area contributed by atoms with Crippen LogP contribution >= 0.6 is 15.9 Å². The van der Waals surface area contributed by atoms with Crippen molar-refractivity contribution < 1.29 is 18.9 Å². The molecule has 0 spiro atoms. The van der Waals surface area contributed by atoms with Crippen molar-refractivity contribution in [3.05, 3.63) is 28.1 Å². The number of aryl methyl sites for hydroxylation is 2. The number of methoxy groups -OCH3 is 4. The molecule has 0 aliphatic heterocycles. The topological polar surface area (TPSA) is 83.2 Å². The maximum Gasteiger partial charge on any atom is 0.230 e. The van der Waals surface area contributed by atoms with Gasteiger partial charge in [0.15, 0.2) is 5.65 Å². The molecule has 0 aliphatic rings. The van der Waals surface area contributed by atoms with Crippen LogP contribution in [0.5, 0.6) is 11.5 Å². The van der Waals surface area contributed by atoms with Gasteiger partial charge in [0.2, 0.25) is 5.95 Å². The Morgan fingerprint density at radius 3 is 2.00 bits per heavy atom. The Balaban J connectivity index is 2.27. The predicted octanol–water partition coefficient (Wildman–Crippen LogP) is 3.29. The standard InChI is InChI=1S/C21H28BrN5O4/c1-13-18(19-16(30-5)11-15(22)12-17(19)31-6)20-23-14(2)24-21(27(20)25-13)26(7-9-28-3)8-10-29-4/h11-12H,7-10H2,1-6H3/i22-4. The predicted molar refractivity (Wildman–Crippen MR) is 122 cm³/mol. The maximum atomic E-state index is 5.68. The fourth-order valence-electron chi connectivity index (χ4n) is 3.47. The molecule has 31 heavy (non-hydrogen) atoms. The highest BCUT2D eigenvalue weighted by molar-refractivity contribution is 9.10. The van der Waals surface area contributed by atoms with Crippen molar-refractivity contribution in [2.45, 2.75) is 13.8 Å². The second-order valence-corrected chi connectivity index (χ2v) is 7.84. The Hall–Kier alpha value is -2.43. The van der Waals surface area contributed by atoms with E-state index in [2.05, 4.69) is 25.8 Å². The van der Waals surface area contributed by atoms with E-state index < -0.39 is 0 Å². The average molecular weight is 490 g/mol. The summed E-state index contributed by atoms with van der Waals surface area (Å²) in [6.07, 6.45) is 0. The van der Waals surface area contributed by atoms with Gasteiger partial charge in [-0.2, -0.15) is 14.6 Å². The Morgan fingerprint density at radius 1 is 0.903 bits per heavy atom. The molecule has 9 nitrogen and oxygen atoms in total. The van der Waals surface area contributed by atoms with E-state index in [4.69, 9.17) is 29.0 Å². The van der Waals surface area contributed by atoms with E-state index in [1.165, 1.54) is 0 Å². The van der Waals surface area contributed by atoms with E-state index in [9.17, 15) is 0 Å². The number of halogens is 1. The molecule has 0 saturated carbocycles. The zero-order valence-corrected chi connectivity index (χ0v) is 20.3. The Morgan fingerprint density at radius 2 is 1.48 bits per heavy atom. The minimum absolute atomic E-state index is 0.551. The van der Waals surface area contributed by atoms with Crippen LogP contribution in [0.1, 0.15) is 11.5 Å². The smallest absolute Gasteiger partial charge is 0.230 e. The van der Waals surface area contributed by atoms with Crippen LogP contribution in [-0.2, 0) is 9.47 Å². The van der Waals surface area contributed by atoms with Gasteiger partial charge >= 0.3 is 0 Å². The monoisotopic (exact) mass is 490 g/mol. The fourth-order valence-corrected chi connectivity index (χ4v) is 3.88. The molecule has 3 aromatic rings. The van der Waals surface area contributed by atoms with Crippen molar-refractivity contribution in [3.63, 3.8) is 0 Å². The molecule has 0 atom stereocenters. The summed E-state index contributed by atoms with van der Waals surface area (Å²) >= 11 is 3.51. The Labute approximate surface area is 190 Å². The van der Waals surface area contributed by atoms with Gasteiger partial charge in [-0.3, -0.25) is 0 Å². The molecule has 0 fully saturated rings. The summed E-state index contributed by atoms with van der Waals surface area (Å²) in [4.78, 5) is 11.5. The SMILES string of the molecule is COCCN(CCOC)c1nc(C)nc2c(-c3c(OC)cc([76Br])cc3OC)c(C)nn12. The van der Waals surface area contributed by atoms with E-state index in [1.807, 2.05) is 26.0 Å². The van der Waals surface area contributed by atoms with Gasteiger partial charge in [-0.1, -0.05) is 15.9 Å². The number of anilines is 1. The number of benzene rings is 1. The number of hydrogen-bond acceptors (Lipinski definition) is 8. The van der Waals surface area contributed by atoms with Crippen molar-refractivity contribution in [3.8, 4) is 22.6 Å². The molecular formula is C21H28BrN5O4. The summed E-state index contributed by atoms with van der Waals surface area (Å²) in [6.45, 7) is 6.20. The largest absolute Gasteiger partial charge is 0.496 e. The van der Waals surface area contributed by atoms with Gasteiger partial charge in [-0.15, -0.1) is 0 Å². The maximum absolute atomic E-state index is 5.68. The quantitative estimate of drug-likeness (QED) is 0.428. The molecule has 0 radical (unpaired) electrons. The van der Waals surface area contributed by atoms with Crippen LogP contribution in [0.25, 0.3) is 16.8 Å². The summed E-state index contributed by atoms with van der Waals surface area (Å²) in [7, 11) is 6.62. The van der Waals surface area contributed by atoms with Crippen molar-refractivity contribution in [1.29, 1.82) is 0 Å². The van der Waals surface area contributed by atoms with Crippen LogP contribution in [0, 0.1) is 13.8 Å². The summed E-state index contributed by atoms with van der Waals surface area (Å²) in [5.41, 5.74) is 3.11. The number of rotatable bonds is 10. The normalized spacial score (nSPS) is 11.2. The van der Waals surface area contributed by atoms with Crippen molar-refractivity contribution in [2.75, 3.05) is 59.6 Å². The molecule has 10 heteroatoms. The van der Waals surface area contributed by atoms with Crippen LogP contribution in [-0.4, -0.2) is 74.3 Å². The van der Waals surface area contributed by atoms with E-state index in [0.717, 1.165) is 21.3 Å². The molecule has 2 aromatic heterocycles. The molecule has 0 saturated heterocycles. The van der Waals surface area contributed by atoms with E-state index in [-0.39, 0.29) is 0 Å². The van der Waals surface area contributed by atoms with Crippen molar-refractivity contribution in [2.24, 2.45) is 0 Å². The van der Waals surface area contributed by atoms with Crippen LogP contribution in [0.15, 0.2) is 16.6 Å². The molecule has 3 rings (SSSR count). The van der Waals surface area contributed by atoms with Crippen LogP contribution in [0.3, 0.4) is 0 Å². The first-order chi connectivity index (χ1) is 14.9. The zero-order chi connectivity index (χ0) is 22.5. The van der Waals surface area contributed by atoms with Crippen molar-refractivity contribution in [1.82, 2.24) is 19.6 Å². The number of ether oxygens (including phenoxy) is 4. The van der Waals surface area contributed by atoms with Gasteiger partial charge in [0.25, 0.3) is 0 Å². The van der Waals surface area contributed by atoms with Gasteiger partial charge in [0, 0.05) is 31.8 Å². The number of fused-ring (bicyclic) bond motifs is 1. The first kappa shape index (κ1) is 23.2. The van der Waals surface area contributed by atoms with Gasteiger partial charge in [0.1, 0.15) is 17.3 Å². The molecular weight excluding hydrogens is 462 g/mol. The van der Waals surface area contributed by atoms with E-state index in [1.54, 1.807) is 33.0 Å². The molecule has 0 aliphatic carbocycles. The molecule has 168 valence electrons. The van der Waals surface area contributed by atoms with Crippen molar-refractivity contribution >= 4 is 27.5 Å². The lowest BCUT2D eigenvalue weighted by Gasteiger charge is -2.23. The summed E-state index contributed by atoms with van der Waals surface area (Å²) in [6, 6.07) is 3.80. The Bertz CT molecular complexity index is 1020. The van der Waals surface area contributed by atoms with Crippen LogP contribution in [0.2, 0.25) is 0 Å². The lowest BCUT2D eigenvalue weighted by molar-refractivity contribution is 0.189. The number of hydrogen-bond donors (Lipinski definition) is 0. The van der Waals surface area contributed by atoms with E-state index in [0.29, 0.717) is 55.2 Å². The first-order valence-corrected chi connectivity index (χ1v) is 10.6. The third-order valence-corrected chi connectivity index (χ3v) is 5.35. The molecule has 1 aromatic carbocycles. The summed E-state index contributed by atoms with van der Waals surface area (Å²) in [5.74, 6) is 2.65. The number of nitrogens with zero attached hydrogens (tertiary/aromatic N) is 5. The van der Waals surface area contributed by atoms with Gasteiger partial charge in [-0.05, 0) is 26.0 Å². The molecule has 0 amide bonds. The highest BCUT2D eigenvalue weighted by Gasteiger charge is 2.25. The minimum atomic E-state index is 0.551. The van der Waals surface area contributed by atoms with E-state index >= 15 is 0 Å². The molecule has 0 bridgehead atoms. The lowest BCUT2D eigenvalue weighted by Crippen LogP contribution is -2.33. The lowest BCUT2D eigenvalue weighted by atomic mass is 10.0. The third kappa shape index (κ3) is 4.76. The minimum Gasteiger partial charge on any atom is -0.496 e. The number of aromatic nitrogens is 4. The van der Waals surface area contributed by atoms with Crippen LogP contribution < -0.4 is 14.4 Å². The first-order valence-electron chi connectivity index (χ1n) is 9.83. The van der Waals surface area contributed by atoms with Gasteiger partial charge in [0.05, 0.1) is 44.3 Å². The second-order valence-electron chi connectivity index (χ2n) is 6.92. The highest BCUT2D eigenvalue weighted by atomic mass is 75.9. The van der Waals surface area contributed by atoms with Crippen LogP contribution in [0.4, 0.5) is 5.95 Å². The molecule has 0 unspecified atom stereocenters. The third-order valence-electron chi connectivity index (χ3n) is 4.89. The second kappa shape index (κ2) is 10.3. The van der Waals surface area contributed by atoms with Gasteiger partial charge < -0.3 is 23.8 Å². The highest BCUT2D eigenvalue weighted by Crippen LogP contribution is 2.44. The molecule has 2 heterocycles. The summed E-state index contributed by atoms with van der Waals surface area (Å²) < 4.78 is 24.6. The zero-order valence-electron chi connectivity index (χ0n) is 18.7. The fraction of sp³-hybridized carbons (Fsp3) is 0.476. The average Bonchev–Trinajstić information content (AvgIpc) is 3.08. The Kier molecular flexibility index (Phi) is 7.69. The molecule has 0 N–H and O–H groups in total. The van der Waals surface area contributed by atoms with Gasteiger partial charge in [-0.25, -0.2) is 4.98 Å². The summed E-state index contributed by atoms with van der Waals surface area (Å²) in [5, 5.41) is 4.79.